The number of hydrogen-bond acceptors (Lipinski definition) is 0. The normalized spacial score (nSPS) is 18.5. The van der Waals surface area contributed by atoms with Crippen LogP contribution in [0, 0.1) is 6.43 Å². The van der Waals surface area contributed by atoms with Crippen LogP contribution < -0.4 is 0 Å². The van der Waals surface area contributed by atoms with Gasteiger partial charge >= 0.3 is 12.3 Å². The average Bonchev–Trinajstić information content (AvgIpc) is 1.85. The molecule has 0 aromatic heterocycles. The van der Waals surface area contributed by atoms with Crippen molar-refractivity contribution in [2.75, 3.05) is 0 Å². The SMILES string of the molecule is CC(F)C(F)C(F)(F)[C](F)F. The first-order valence-electron chi connectivity index (χ1n) is 2.64. The van der Waals surface area contributed by atoms with Crippen LogP contribution in [0.4, 0.5) is 26.3 Å². The van der Waals surface area contributed by atoms with E-state index in [0.717, 1.165) is 0 Å². The summed E-state index contributed by atoms with van der Waals surface area (Å²) in [6.07, 6.45) is -9.51. The van der Waals surface area contributed by atoms with Gasteiger partial charge in [0, 0.05) is 0 Å². The van der Waals surface area contributed by atoms with Crippen molar-refractivity contribution < 1.29 is 26.3 Å². The lowest BCUT2D eigenvalue weighted by molar-refractivity contribution is -0.131. The second-order valence-electron chi connectivity index (χ2n) is 1.96. The minimum Gasteiger partial charge on any atom is -0.244 e. The first kappa shape index (κ1) is 10.6. The van der Waals surface area contributed by atoms with Crippen LogP contribution in [0.15, 0.2) is 0 Å². The summed E-state index contributed by atoms with van der Waals surface area (Å²) in [5.74, 6) is -4.98. The van der Waals surface area contributed by atoms with Gasteiger partial charge in [-0.2, -0.15) is 17.6 Å². The highest BCUT2D eigenvalue weighted by Gasteiger charge is 2.53. The van der Waals surface area contributed by atoms with Crippen LogP contribution in [0.25, 0.3) is 0 Å². The van der Waals surface area contributed by atoms with E-state index in [2.05, 4.69) is 0 Å². The lowest BCUT2D eigenvalue weighted by atomic mass is 10.1. The molecule has 0 aromatic carbocycles. The Labute approximate surface area is 59.2 Å². The van der Waals surface area contributed by atoms with Crippen LogP contribution in [0.5, 0.6) is 0 Å². The molecule has 0 fully saturated rings. The second-order valence-corrected chi connectivity index (χ2v) is 1.96. The third kappa shape index (κ3) is 2.27. The maximum atomic E-state index is 11.9. The molecule has 0 amide bonds. The minimum absolute atomic E-state index is 0.446. The molecule has 0 rings (SSSR count). The second kappa shape index (κ2) is 3.32. The Kier molecular flexibility index (Phi) is 3.19. The molecule has 0 aliphatic heterocycles. The molecule has 11 heavy (non-hydrogen) atoms. The van der Waals surface area contributed by atoms with Crippen LogP contribution in [0.2, 0.25) is 0 Å². The Balaban J connectivity index is 4.29. The van der Waals surface area contributed by atoms with E-state index in [4.69, 9.17) is 0 Å². The first-order valence-corrected chi connectivity index (χ1v) is 2.64. The molecule has 6 heteroatoms. The van der Waals surface area contributed by atoms with E-state index < -0.39 is 24.7 Å². The van der Waals surface area contributed by atoms with Crippen LogP contribution >= 0.6 is 0 Å². The summed E-state index contributed by atoms with van der Waals surface area (Å²) < 4.78 is 69.6. The summed E-state index contributed by atoms with van der Waals surface area (Å²) in [7, 11) is 0. The summed E-state index contributed by atoms with van der Waals surface area (Å²) in [4.78, 5) is 0. The van der Waals surface area contributed by atoms with Crippen molar-refractivity contribution in [2.24, 2.45) is 0 Å². The lowest BCUT2D eigenvalue weighted by Crippen LogP contribution is -2.38. The minimum atomic E-state index is -4.98. The highest BCUT2D eigenvalue weighted by atomic mass is 19.3. The number of alkyl halides is 4. The van der Waals surface area contributed by atoms with Gasteiger partial charge in [-0.05, 0) is 6.92 Å². The monoisotopic (exact) mass is 179 g/mol. The standard InChI is InChI=1S/C5H5F6/c1-2(6)3(7)5(10,11)4(8)9/h2-3H,1H3. The predicted octanol–water partition coefficient (Wildman–Crippen LogP) is 2.75. The van der Waals surface area contributed by atoms with Crippen molar-refractivity contribution in [2.45, 2.75) is 25.2 Å². The predicted molar refractivity (Wildman–Crippen MR) is 25.9 cm³/mol. The molecule has 67 valence electrons. The molecule has 0 aliphatic rings. The van der Waals surface area contributed by atoms with Crippen molar-refractivity contribution in [1.82, 2.24) is 0 Å². The van der Waals surface area contributed by atoms with Gasteiger partial charge in [-0.15, -0.1) is 0 Å². The van der Waals surface area contributed by atoms with Crippen LogP contribution in [0.3, 0.4) is 0 Å². The van der Waals surface area contributed by atoms with E-state index >= 15 is 0 Å². The zero-order valence-electron chi connectivity index (χ0n) is 5.42. The van der Waals surface area contributed by atoms with Gasteiger partial charge in [0.05, 0.1) is 0 Å². The molecule has 0 aliphatic carbocycles. The maximum Gasteiger partial charge on any atom is 0.381 e. The lowest BCUT2D eigenvalue weighted by Gasteiger charge is -2.18. The van der Waals surface area contributed by atoms with E-state index in [1.807, 2.05) is 0 Å². The molecule has 0 saturated carbocycles. The molecule has 0 aromatic rings. The Morgan fingerprint density at radius 2 is 1.55 bits per heavy atom. The first-order chi connectivity index (χ1) is 4.80. The Bertz CT molecular complexity index is 120. The summed E-state index contributed by atoms with van der Waals surface area (Å²) >= 11 is 0. The molecular weight excluding hydrogens is 174 g/mol. The third-order valence-electron chi connectivity index (χ3n) is 1.00. The molecule has 2 unspecified atom stereocenters. The fourth-order valence-electron chi connectivity index (χ4n) is 0.393. The quantitative estimate of drug-likeness (QED) is 0.584. The summed E-state index contributed by atoms with van der Waals surface area (Å²) in [5, 5.41) is 0. The summed E-state index contributed by atoms with van der Waals surface area (Å²) in [6, 6.07) is 0. The number of hydrogen-bond donors (Lipinski definition) is 0. The molecule has 0 bridgehead atoms. The summed E-state index contributed by atoms with van der Waals surface area (Å²) in [5.41, 5.74) is 0. The van der Waals surface area contributed by atoms with E-state index in [9.17, 15) is 26.3 Å². The van der Waals surface area contributed by atoms with E-state index in [-0.39, 0.29) is 0 Å². The van der Waals surface area contributed by atoms with Gasteiger partial charge in [-0.3, -0.25) is 0 Å². The average molecular weight is 179 g/mol. The molecule has 0 spiro atoms. The third-order valence-corrected chi connectivity index (χ3v) is 1.00. The molecule has 0 nitrogen and oxygen atoms in total. The molecular formula is C5H5F6. The zero-order chi connectivity index (χ0) is 9.23. The Hall–Kier alpha value is -0.420. The zero-order valence-corrected chi connectivity index (χ0v) is 5.42. The van der Waals surface area contributed by atoms with E-state index in [0.29, 0.717) is 6.92 Å². The molecule has 2 atom stereocenters. The fourth-order valence-corrected chi connectivity index (χ4v) is 0.393. The smallest absolute Gasteiger partial charge is 0.244 e. The van der Waals surface area contributed by atoms with Crippen molar-refractivity contribution >= 4 is 0 Å². The van der Waals surface area contributed by atoms with Gasteiger partial charge in [0.2, 0.25) is 6.17 Å². The largest absolute Gasteiger partial charge is 0.381 e. The molecule has 0 saturated heterocycles. The van der Waals surface area contributed by atoms with Gasteiger partial charge in [-0.1, -0.05) is 0 Å². The van der Waals surface area contributed by atoms with E-state index in [1.165, 1.54) is 0 Å². The van der Waals surface area contributed by atoms with Gasteiger partial charge < -0.3 is 0 Å². The van der Waals surface area contributed by atoms with Crippen molar-refractivity contribution in [3.8, 4) is 0 Å². The van der Waals surface area contributed by atoms with Gasteiger partial charge in [0.15, 0.2) is 0 Å². The maximum absolute atomic E-state index is 11.9. The van der Waals surface area contributed by atoms with Gasteiger partial charge in [0.1, 0.15) is 6.17 Å². The Morgan fingerprint density at radius 1 is 1.18 bits per heavy atom. The fraction of sp³-hybridized carbons (Fsp3) is 0.800. The van der Waals surface area contributed by atoms with Crippen LogP contribution in [-0.4, -0.2) is 18.3 Å². The van der Waals surface area contributed by atoms with Gasteiger partial charge in [0.25, 0.3) is 0 Å². The number of rotatable bonds is 3. The molecule has 1 radical (unpaired) electrons. The van der Waals surface area contributed by atoms with Crippen molar-refractivity contribution in [1.29, 1.82) is 0 Å². The summed E-state index contributed by atoms with van der Waals surface area (Å²) in [6.45, 7) is 0.446. The van der Waals surface area contributed by atoms with Crippen molar-refractivity contribution in [3.63, 3.8) is 0 Å². The van der Waals surface area contributed by atoms with E-state index in [1.54, 1.807) is 0 Å². The Morgan fingerprint density at radius 3 is 1.64 bits per heavy atom. The highest BCUT2D eigenvalue weighted by molar-refractivity contribution is 4.92. The van der Waals surface area contributed by atoms with Crippen LogP contribution in [0.1, 0.15) is 6.92 Å². The van der Waals surface area contributed by atoms with Crippen LogP contribution in [-0.2, 0) is 0 Å². The topological polar surface area (TPSA) is 0 Å². The highest BCUT2D eigenvalue weighted by Crippen LogP contribution is 2.36. The van der Waals surface area contributed by atoms with Crippen molar-refractivity contribution in [3.05, 3.63) is 6.43 Å². The molecule has 0 heterocycles. The van der Waals surface area contributed by atoms with Gasteiger partial charge in [-0.25, -0.2) is 8.78 Å². The molecule has 0 N–H and O–H groups in total. The number of halogens is 6.